The third kappa shape index (κ3) is 5.06. The molecular formula is C43H33NO2. The number of benzene rings is 5. The highest BCUT2D eigenvalue weighted by Crippen LogP contribution is 2.43. The predicted octanol–water partition coefficient (Wildman–Crippen LogP) is 11.5. The Morgan fingerprint density at radius 3 is 2.43 bits per heavy atom. The Balaban J connectivity index is 1.13. The topological polar surface area (TPSA) is 25.6 Å². The van der Waals surface area contributed by atoms with Crippen molar-refractivity contribution < 1.29 is 9.15 Å². The number of aryl methyl sites for hydroxylation is 1. The smallest absolute Gasteiger partial charge is 0.135 e. The maximum absolute atomic E-state index is 6.17. The first-order valence-electron chi connectivity index (χ1n) is 15.7. The van der Waals surface area contributed by atoms with Crippen molar-refractivity contribution in [2.45, 2.75) is 18.9 Å². The third-order valence-electron chi connectivity index (χ3n) is 8.89. The average Bonchev–Trinajstić information content (AvgIpc) is 3.66. The molecular weight excluding hydrogens is 562 g/mol. The van der Waals surface area contributed by atoms with Crippen molar-refractivity contribution in [3.63, 3.8) is 0 Å². The van der Waals surface area contributed by atoms with Crippen LogP contribution in [0.3, 0.4) is 0 Å². The van der Waals surface area contributed by atoms with Gasteiger partial charge in [-0.05, 0) is 101 Å². The zero-order valence-corrected chi connectivity index (χ0v) is 25.6. The van der Waals surface area contributed by atoms with Crippen LogP contribution in [0.5, 0.6) is 5.75 Å². The molecule has 0 bridgehead atoms. The number of fused-ring (bicyclic) bond motifs is 6. The number of rotatable bonds is 7. The largest absolute Gasteiger partial charge is 0.485 e. The lowest BCUT2D eigenvalue weighted by atomic mass is 9.90. The van der Waals surface area contributed by atoms with Crippen molar-refractivity contribution in [2.24, 2.45) is 0 Å². The van der Waals surface area contributed by atoms with Gasteiger partial charge in [0.15, 0.2) is 0 Å². The minimum absolute atomic E-state index is 0.0910. The quantitative estimate of drug-likeness (QED) is 0.172. The fraction of sp³-hybridized carbons (Fsp3) is 0.0698. The van der Waals surface area contributed by atoms with Crippen LogP contribution in [-0.4, -0.2) is 6.10 Å². The summed E-state index contributed by atoms with van der Waals surface area (Å²) >= 11 is 0. The molecule has 3 nitrogen and oxygen atoms in total. The van der Waals surface area contributed by atoms with Crippen molar-refractivity contribution in [2.75, 3.05) is 4.90 Å². The summed E-state index contributed by atoms with van der Waals surface area (Å²) in [6.45, 7) is 6.13. The van der Waals surface area contributed by atoms with Crippen LogP contribution in [0.15, 0.2) is 169 Å². The number of anilines is 2. The molecule has 2 aliphatic rings. The number of hydrogen-bond donors (Lipinski definition) is 0. The number of ether oxygens (including phenoxy) is 1. The molecule has 0 amide bonds. The third-order valence-corrected chi connectivity index (χ3v) is 8.89. The van der Waals surface area contributed by atoms with Gasteiger partial charge in [0.1, 0.15) is 23.0 Å². The van der Waals surface area contributed by atoms with E-state index >= 15 is 0 Å². The van der Waals surface area contributed by atoms with Crippen LogP contribution in [0.1, 0.15) is 22.6 Å². The molecule has 2 unspecified atom stereocenters. The minimum Gasteiger partial charge on any atom is -0.485 e. The van der Waals surface area contributed by atoms with Crippen molar-refractivity contribution >= 4 is 38.9 Å². The molecule has 5 aromatic carbocycles. The van der Waals surface area contributed by atoms with E-state index < -0.39 is 0 Å². The Labute approximate surface area is 269 Å². The van der Waals surface area contributed by atoms with Gasteiger partial charge in [-0.2, -0.15) is 0 Å². The Hall–Kier alpha value is -5.80. The molecule has 8 rings (SSSR count). The number of para-hydroxylation sites is 1. The van der Waals surface area contributed by atoms with Crippen molar-refractivity contribution in [1.82, 2.24) is 0 Å². The number of nitrogens with zero attached hydrogens (tertiary/aromatic N) is 1. The fourth-order valence-corrected chi connectivity index (χ4v) is 6.57. The lowest BCUT2D eigenvalue weighted by Gasteiger charge is -2.22. The Morgan fingerprint density at radius 1 is 0.739 bits per heavy atom. The predicted molar refractivity (Wildman–Crippen MR) is 192 cm³/mol. The summed E-state index contributed by atoms with van der Waals surface area (Å²) in [6, 6.07) is 38.5. The summed E-state index contributed by atoms with van der Waals surface area (Å²) in [5.74, 6) is 1.25. The first-order chi connectivity index (χ1) is 22.6. The maximum Gasteiger partial charge on any atom is 0.135 e. The van der Waals surface area contributed by atoms with Crippen molar-refractivity contribution in [3.05, 3.63) is 181 Å². The van der Waals surface area contributed by atoms with Crippen molar-refractivity contribution in [3.8, 4) is 16.9 Å². The summed E-state index contributed by atoms with van der Waals surface area (Å²) in [7, 11) is 0. The van der Waals surface area contributed by atoms with Gasteiger partial charge in [-0.25, -0.2) is 0 Å². The van der Waals surface area contributed by atoms with Gasteiger partial charge in [0.2, 0.25) is 0 Å². The van der Waals surface area contributed by atoms with E-state index in [4.69, 9.17) is 9.15 Å². The summed E-state index contributed by atoms with van der Waals surface area (Å²) in [4.78, 5) is 2.24. The number of furan rings is 1. The van der Waals surface area contributed by atoms with Gasteiger partial charge in [0, 0.05) is 39.8 Å². The van der Waals surface area contributed by atoms with Gasteiger partial charge in [0.25, 0.3) is 0 Å². The van der Waals surface area contributed by atoms with Gasteiger partial charge in [-0.15, -0.1) is 0 Å². The lowest BCUT2D eigenvalue weighted by Crippen LogP contribution is -2.15. The summed E-state index contributed by atoms with van der Waals surface area (Å²) in [5.41, 5.74) is 10.9. The van der Waals surface area contributed by atoms with E-state index in [2.05, 4.69) is 158 Å². The van der Waals surface area contributed by atoms with Gasteiger partial charge < -0.3 is 14.1 Å². The van der Waals surface area contributed by atoms with Crippen LogP contribution in [0.2, 0.25) is 0 Å². The van der Waals surface area contributed by atoms with E-state index in [0.29, 0.717) is 0 Å². The molecule has 1 aliphatic heterocycles. The minimum atomic E-state index is 0.0910. The molecule has 222 valence electrons. The Bertz CT molecular complexity index is 2230. The lowest BCUT2D eigenvalue weighted by molar-refractivity contribution is 0.269. The maximum atomic E-state index is 6.17. The Kier molecular flexibility index (Phi) is 7.00. The molecule has 0 radical (unpaired) electrons. The number of hydrogen-bond acceptors (Lipinski definition) is 3. The summed E-state index contributed by atoms with van der Waals surface area (Å²) < 4.78 is 12.3. The molecule has 0 fully saturated rings. The van der Waals surface area contributed by atoms with Gasteiger partial charge in [-0.1, -0.05) is 91.6 Å². The molecule has 0 N–H and O–H groups in total. The molecule has 1 aliphatic carbocycles. The molecule has 1 aromatic heterocycles. The normalized spacial score (nSPS) is 16.9. The first kappa shape index (κ1) is 27.7. The second kappa shape index (κ2) is 11.6. The molecule has 2 heterocycles. The highest BCUT2D eigenvalue weighted by atomic mass is 16.5. The monoisotopic (exact) mass is 595 g/mol. The van der Waals surface area contributed by atoms with Crippen molar-refractivity contribution in [1.29, 1.82) is 0 Å². The second-order valence-corrected chi connectivity index (χ2v) is 11.9. The first-order valence-corrected chi connectivity index (χ1v) is 15.7. The van der Waals surface area contributed by atoms with Crippen LogP contribution in [-0.2, 0) is 0 Å². The average molecular weight is 596 g/mol. The van der Waals surface area contributed by atoms with E-state index in [1.165, 1.54) is 22.3 Å². The molecule has 0 saturated carbocycles. The number of allylic oxidation sites excluding steroid dienone is 6. The molecule has 3 heteroatoms. The highest BCUT2D eigenvalue weighted by Gasteiger charge is 2.32. The fourth-order valence-electron chi connectivity index (χ4n) is 6.57. The van der Waals surface area contributed by atoms with E-state index in [9.17, 15) is 0 Å². The molecule has 2 atom stereocenters. The van der Waals surface area contributed by atoms with Gasteiger partial charge in [0.05, 0.1) is 0 Å². The van der Waals surface area contributed by atoms with Gasteiger partial charge in [-0.3, -0.25) is 0 Å². The second-order valence-electron chi connectivity index (χ2n) is 11.9. The zero-order valence-electron chi connectivity index (χ0n) is 25.6. The summed E-state index contributed by atoms with van der Waals surface area (Å²) in [6.07, 6.45) is 16.8. The zero-order chi connectivity index (χ0) is 31.0. The highest BCUT2D eigenvalue weighted by molar-refractivity contribution is 6.06. The van der Waals surface area contributed by atoms with E-state index in [1.54, 1.807) is 0 Å². The standard InChI is InChI=1S/C43H33NO2/c1-3-9-30(32-18-22-42-38(27-32)36-12-4-6-14-40(36)45-42)24-25-44(35-11-8-10-29(2)26-35)34-20-16-31(17-21-34)33-19-23-43-39(28-33)37-13-5-7-15-41(37)46-43/h3-28,37,41H,1H2,2H3/b25-24-,30-9+. The molecule has 0 saturated heterocycles. The van der Waals surface area contributed by atoms with Gasteiger partial charge >= 0.3 is 0 Å². The SMILES string of the molecule is C=C/C=C(\C=C/N(c1ccc(-c2ccc3c(c2)C2C=CC=CC2O3)cc1)c1cccc(C)c1)c1ccc2oc3ccccc3c2c1. The molecule has 0 spiro atoms. The molecule has 46 heavy (non-hydrogen) atoms. The van der Waals surface area contributed by atoms with Crippen LogP contribution >= 0.6 is 0 Å². The van der Waals surface area contributed by atoms with Crippen LogP contribution < -0.4 is 9.64 Å². The Morgan fingerprint density at radius 2 is 1.57 bits per heavy atom. The van der Waals surface area contributed by atoms with E-state index in [-0.39, 0.29) is 12.0 Å². The van der Waals surface area contributed by atoms with E-state index in [1.807, 2.05) is 18.2 Å². The van der Waals surface area contributed by atoms with Crippen LogP contribution in [0.25, 0.3) is 38.6 Å². The van der Waals surface area contributed by atoms with Crippen LogP contribution in [0, 0.1) is 6.92 Å². The van der Waals surface area contributed by atoms with Crippen LogP contribution in [0.4, 0.5) is 11.4 Å². The summed E-state index contributed by atoms with van der Waals surface area (Å²) in [5, 5.41) is 2.22. The molecule has 6 aromatic rings. The van der Waals surface area contributed by atoms with E-state index in [0.717, 1.165) is 50.2 Å².